The second-order valence-electron chi connectivity index (χ2n) is 3.04. The average Bonchev–Trinajstić information content (AvgIpc) is 2.52. The maximum absolute atomic E-state index is 11.1. The lowest BCUT2D eigenvalue weighted by Crippen LogP contribution is -2.09. The van der Waals surface area contributed by atoms with Crippen LogP contribution in [-0.4, -0.2) is 5.78 Å². The second kappa shape index (κ2) is 1.28. The third-order valence-electron chi connectivity index (χ3n) is 2.74. The molecule has 1 fully saturated rings. The number of carbonyl (C=O) groups excluding carboxylic acids is 1. The summed E-state index contributed by atoms with van der Waals surface area (Å²) in [4.78, 5) is 11.1. The topological polar surface area (TPSA) is 17.1 Å². The van der Waals surface area contributed by atoms with Gasteiger partial charge in [0.1, 0.15) is 0 Å². The average molecular weight is 122 g/mol. The fraction of sp³-hybridized carbons (Fsp3) is 0.625. The maximum Gasteiger partial charge on any atom is 0.162 e. The van der Waals surface area contributed by atoms with E-state index in [2.05, 4.69) is 13.0 Å². The first-order chi connectivity index (χ1) is 4.29. The van der Waals surface area contributed by atoms with Gasteiger partial charge in [-0.1, -0.05) is 13.0 Å². The first-order valence-corrected chi connectivity index (χ1v) is 3.52. The van der Waals surface area contributed by atoms with E-state index in [9.17, 15) is 4.79 Å². The van der Waals surface area contributed by atoms with E-state index < -0.39 is 0 Å². The van der Waals surface area contributed by atoms with Crippen molar-refractivity contribution >= 4 is 5.78 Å². The van der Waals surface area contributed by atoms with E-state index in [-0.39, 0.29) is 5.41 Å². The van der Waals surface area contributed by atoms with Crippen LogP contribution < -0.4 is 0 Å². The van der Waals surface area contributed by atoms with Crippen LogP contribution in [0.1, 0.15) is 19.8 Å². The van der Waals surface area contributed by atoms with E-state index in [4.69, 9.17) is 0 Å². The maximum atomic E-state index is 11.1. The Morgan fingerprint density at radius 1 is 1.89 bits per heavy atom. The summed E-state index contributed by atoms with van der Waals surface area (Å²) in [6.45, 7) is 2.10. The summed E-state index contributed by atoms with van der Waals surface area (Å²) in [5.74, 6) is 0.991. The van der Waals surface area contributed by atoms with Crippen molar-refractivity contribution in [3.63, 3.8) is 0 Å². The Balaban J connectivity index is 2.30. The van der Waals surface area contributed by atoms with Gasteiger partial charge >= 0.3 is 0 Å². The Labute approximate surface area is 54.8 Å². The molecule has 0 heterocycles. The highest BCUT2D eigenvalue weighted by atomic mass is 16.1. The number of hydrogen-bond donors (Lipinski definition) is 0. The number of ketones is 1. The number of allylic oxidation sites excluding steroid dienone is 2. The lowest BCUT2D eigenvalue weighted by molar-refractivity contribution is -0.119. The minimum absolute atomic E-state index is 0.111. The zero-order valence-electron chi connectivity index (χ0n) is 5.55. The predicted octanol–water partition coefficient (Wildman–Crippen LogP) is 1.54. The van der Waals surface area contributed by atoms with E-state index in [0.29, 0.717) is 11.7 Å². The first-order valence-electron chi connectivity index (χ1n) is 3.52. The molecule has 1 nitrogen and oxygen atoms in total. The van der Waals surface area contributed by atoms with Crippen LogP contribution in [0, 0.1) is 11.3 Å². The van der Waals surface area contributed by atoms with Gasteiger partial charge in [0.05, 0.1) is 0 Å². The Bertz CT molecular complexity index is 193. The van der Waals surface area contributed by atoms with Crippen molar-refractivity contribution in [2.45, 2.75) is 19.8 Å². The smallest absolute Gasteiger partial charge is 0.162 e. The summed E-state index contributed by atoms with van der Waals surface area (Å²) in [6, 6.07) is 0. The van der Waals surface area contributed by atoms with Gasteiger partial charge in [-0.2, -0.15) is 0 Å². The van der Waals surface area contributed by atoms with Gasteiger partial charge in [0.25, 0.3) is 0 Å². The molecule has 9 heavy (non-hydrogen) atoms. The molecule has 0 unspecified atom stereocenters. The van der Waals surface area contributed by atoms with Crippen LogP contribution in [0.25, 0.3) is 0 Å². The van der Waals surface area contributed by atoms with Crippen LogP contribution >= 0.6 is 0 Å². The molecule has 0 N–H and O–H groups in total. The van der Waals surface area contributed by atoms with Crippen molar-refractivity contribution in [3.8, 4) is 0 Å². The monoisotopic (exact) mass is 122 g/mol. The van der Waals surface area contributed by atoms with Crippen molar-refractivity contribution < 1.29 is 4.79 Å². The minimum atomic E-state index is 0.111. The second-order valence-corrected chi connectivity index (χ2v) is 3.04. The summed E-state index contributed by atoms with van der Waals surface area (Å²) in [6.07, 6.45) is 5.96. The van der Waals surface area contributed by atoms with Crippen molar-refractivity contribution in [1.82, 2.24) is 0 Å². The van der Waals surface area contributed by atoms with E-state index in [0.717, 1.165) is 12.8 Å². The molecule has 0 bridgehead atoms. The number of fused-ring (bicyclic) bond motifs is 1. The molecule has 0 aromatic carbocycles. The van der Waals surface area contributed by atoms with Gasteiger partial charge in [0, 0.05) is 5.41 Å². The molecule has 0 spiro atoms. The van der Waals surface area contributed by atoms with Crippen LogP contribution in [0.4, 0.5) is 0 Å². The van der Waals surface area contributed by atoms with Crippen molar-refractivity contribution in [2.24, 2.45) is 11.3 Å². The van der Waals surface area contributed by atoms with E-state index in [1.165, 1.54) is 0 Å². The molecule has 1 heteroatoms. The molecular weight excluding hydrogens is 112 g/mol. The largest absolute Gasteiger partial charge is 0.294 e. The lowest BCUT2D eigenvalue weighted by Gasteiger charge is -2.02. The Morgan fingerprint density at radius 3 is 2.89 bits per heavy atom. The summed E-state index contributed by atoms with van der Waals surface area (Å²) >= 11 is 0. The highest BCUT2D eigenvalue weighted by molar-refractivity contribution is 6.00. The molecule has 0 aliphatic heterocycles. The van der Waals surface area contributed by atoms with Crippen molar-refractivity contribution in [1.29, 1.82) is 0 Å². The van der Waals surface area contributed by atoms with Crippen molar-refractivity contribution in [3.05, 3.63) is 12.2 Å². The molecule has 2 rings (SSSR count). The van der Waals surface area contributed by atoms with Gasteiger partial charge in [0.2, 0.25) is 0 Å². The van der Waals surface area contributed by atoms with Gasteiger partial charge in [-0.05, 0) is 24.8 Å². The predicted molar refractivity (Wildman–Crippen MR) is 35.0 cm³/mol. The molecule has 0 amide bonds. The molecule has 2 atom stereocenters. The summed E-state index contributed by atoms with van der Waals surface area (Å²) < 4.78 is 0. The number of carbonyl (C=O) groups is 1. The molecule has 0 aromatic rings. The van der Waals surface area contributed by atoms with Crippen LogP contribution in [-0.2, 0) is 4.79 Å². The highest BCUT2D eigenvalue weighted by Crippen LogP contribution is 2.59. The highest BCUT2D eigenvalue weighted by Gasteiger charge is 2.58. The molecule has 2 aliphatic rings. The quantitative estimate of drug-likeness (QED) is 0.515. The fourth-order valence-electron chi connectivity index (χ4n) is 1.82. The zero-order valence-corrected chi connectivity index (χ0v) is 5.55. The normalized spacial score (nSPS) is 45.4. The van der Waals surface area contributed by atoms with Gasteiger partial charge in [-0.3, -0.25) is 4.79 Å². The van der Waals surface area contributed by atoms with E-state index in [1.807, 2.05) is 0 Å². The molecule has 48 valence electrons. The summed E-state index contributed by atoms with van der Waals surface area (Å²) in [5, 5.41) is 0. The molecule has 0 aromatic heterocycles. The summed E-state index contributed by atoms with van der Waals surface area (Å²) in [5.41, 5.74) is 0.111. The third kappa shape index (κ3) is 0.432. The molecular formula is C8H10O. The third-order valence-corrected chi connectivity index (χ3v) is 2.74. The van der Waals surface area contributed by atoms with E-state index in [1.54, 1.807) is 6.08 Å². The summed E-state index contributed by atoms with van der Waals surface area (Å²) in [7, 11) is 0. The molecule has 1 saturated carbocycles. The Morgan fingerprint density at radius 2 is 2.67 bits per heavy atom. The minimum Gasteiger partial charge on any atom is -0.294 e. The van der Waals surface area contributed by atoms with Gasteiger partial charge in [-0.25, -0.2) is 0 Å². The van der Waals surface area contributed by atoms with Crippen LogP contribution in [0.3, 0.4) is 0 Å². The Hall–Kier alpha value is -0.590. The SMILES string of the molecule is CC[C@@]12C[C@@H]1C=CC2=O. The number of hydrogen-bond acceptors (Lipinski definition) is 1. The zero-order chi connectivity index (χ0) is 6.48. The fourth-order valence-corrected chi connectivity index (χ4v) is 1.82. The number of rotatable bonds is 1. The van der Waals surface area contributed by atoms with Crippen LogP contribution in [0.5, 0.6) is 0 Å². The van der Waals surface area contributed by atoms with Crippen LogP contribution in [0.2, 0.25) is 0 Å². The molecule has 2 aliphatic carbocycles. The van der Waals surface area contributed by atoms with Crippen molar-refractivity contribution in [2.75, 3.05) is 0 Å². The molecule has 0 saturated heterocycles. The van der Waals surface area contributed by atoms with Gasteiger partial charge in [0.15, 0.2) is 5.78 Å². The lowest BCUT2D eigenvalue weighted by atomic mass is 9.99. The van der Waals surface area contributed by atoms with Crippen LogP contribution in [0.15, 0.2) is 12.2 Å². The van der Waals surface area contributed by atoms with E-state index >= 15 is 0 Å². The first kappa shape index (κ1) is 5.21. The van der Waals surface area contributed by atoms with Gasteiger partial charge in [-0.15, -0.1) is 0 Å². The molecule has 0 radical (unpaired) electrons. The van der Waals surface area contributed by atoms with Gasteiger partial charge < -0.3 is 0 Å². The standard InChI is InChI=1S/C8H10O/c1-2-8-5-6(8)3-4-7(8)9/h3-4,6H,2,5H2,1H3/t6-,8+/m0/s1. The Kier molecular flexibility index (Phi) is 0.743.